The Balaban J connectivity index is 2.07. The van der Waals surface area contributed by atoms with Crippen molar-refractivity contribution in [2.24, 2.45) is 5.92 Å². The highest BCUT2D eigenvalue weighted by Gasteiger charge is 2.65. The van der Waals surface area contributed by atoms with Gasteiger partial charge in [0.1, 0.15) is 0 Å². The zero-order valence-corrected chi connectivity index (χ0v) is 10.4. The Labute approximate surface area is 101 Å². The molecule has 1 aromatic rings. The molecule has 0 amide bonds. The summed E-state index contributed by atoms with van der Waals surface area (Å²) in [4.78, 5) is 15.2. The van der Waals surface area contributed by atoms with Gasteiger partial charge in [0, 0.05) is 39.5 Å². The maximum Gasteiger partial charge on any atom is 0.204 e. The van der Waals surface area contributed by atoms with Crippen molar-refractivity contribution in [1.82, 2.24) is 10.3 Å². The predicted octanol–water partition coefficient (Wildman–Crippen LogP) is 2.03. The van der Waals surface area contributed by atoms with Crippen molar-refractivity contribution >= 4 is 21.7 Å². The Morgan fingerprint density at radius 2 is 2.38 bits per heavy atom. The lowest BCUT2D eigenvalue weighted by Gasteiger charge is -2.21. The molecule has 1 spiro atoms. The molecule has 0 aromatic carbocycles. The fraction of sp³-hybridized carbons (Fsp3) is 0.417. The molecule has 2 atom stereocenters. The standard InChI is InChI=1S/C12H11BrN2O/c1-5-10(13)9-11(15-5)7(16)2-8-12(9)3-6(12)4-14-8/h2,6,14-15H,3-4H2,1H3/t6-,12+/m1/s1. The maximum atomic E-state index is 12.0. The van der Waals surface area contributed by atoms with Crippen LogP contribution in [-0.2, 0) is 5.41 Å². The second-order valence-electron chi connectivity index (χ2n) is 4.99. The van der Waals surface area contributed by atoms with Crippen LogP contribution in [0.2, 0.25) is 0 Å². The van der Waals surface area contributed by atoms with Crippen LogP contribution in [0, 0.1) is 12.8 Å². The van der Waals surface area contributed by atoms with Gasteiger partial charge in [-0.3, -0.25) is 4.79 Å². The third kappa shape index (κ3) is 0.775. The van der Waals surface area contributed by atoms with Gasteiger partial charge in [0.05, 0.1) is 5.69 Å². The number of halogens is 1. The number of rotatable bonds is 0. The topological polar surface area (TPSA) is 44.9 Å². The van der Waals surface area contributed by atoms with Crippen molar-refractivity contribution in [2.45, 2.75) is 18.8 Å². The number of fused-ring (bicyclic) bond motifs is 1. The van der Waals surface area contributed by atoms with Gasteiger partial charge in [0.25, 0.3) is 0 Å². The Kier molecular flexibility index (Phi) is 1.39. The van der Waals surface area contributed by atoms with Gasteiger partial charge in [-0.15, -0.1) is 0 Å². The molecular weight excluding hydrogens is 268 g/mol. The van der Waals surface area contributed by atoms with Gasteiger partial charge in [0.2, 0.25) is 5.78 Å². The van der Waals surface area contributed by atoms with Crippen molar-refractivity contribution in [3.8, 4) is 0 Å². The van der Waals surface area contributed by atoms with Crippen LogP contribution in [0.4, 0.5) is 0 Å². The molecule has 0 bridgehead atoms. The van der Waals surface area contributed by atoms with Crippen molar-refractivity contribution in [3.05, 3.63) is 33.2 Å². The molecule has 1 saturated heterocycles. The van der Waals surface area contributed by atoms with Crippen molar-refractivity contribution in [1.29, 1.82) is 0 Å². The second kappa shape index (κ2) is 2.45. The summed E-state index contributed by atoms with van der Waals surface area (Å²) in [5.41, 5.74) is 4.31. The molecule has 82 valence electrons. The number of allylic oxidation sites excluding steroid dienone is 2. The number of aromatic nitrogens is 1. The van der Waals surface area contributed by atoms with Gasteiger partial charge in [-0.2, -0.15) is 0 Å². The predicted molar refractivity (Wildman–Crippen MR) is 63.4 cm³/mol. The minimum Gasteiger partial charge on any atom is -0.387 e. The molecule has 1 aliphatic heterocycles. The molecule has 1 saturated carbocycles. The molecule has 4 heteroatoms. The Hall–Kier alpha value is -1.03. The number of nitrogens with one attached hydrogen (secondary N) is 2. The number of H-pyrrole nitrogens is 1. The van der Waals surface area contributed by atoms with E-state index >= 15 is 0 Å². The van der Waals surface area contributed by atoms with Gasteiger partial charge >= 0.3 is 0 Å². The molecule has 16 heavy (non-hydrogen) atoms. The summed E-state index contributed by atoms with van der Waals surface area (Å²) < 4.78 is 1.09. The lowest BCUT2D eigenvalue weighted by molar-refractivity contribution is 0.103. The lowest BCUT2D eigenvalue weighted by atomic mass is 9.86. The second-order valence-corrected chi connectivity index (χ2v) is 5.78. The van der Waals surface area contributed by atoms with Gasteiger partial charge in [-0.05, 0) is 35.2 Å². The number of hydrogen-bond acceptors (Lipinski definition) is 2. The first kappa shape index (κ1) is 9.05. The van der Waals surface area contributed by atoms with E-state index in [2.05, 4.69) is 26.2 Å². The maximum absolute atomic E-state index is 12.0. The number of aromatic amines is 1. The number of piperidine rings is 1. The molecule has 0 radical (unpaired) electrons. The zero-order chi connectivity index (χ0) is 11.1. The van der Waals surface area contributed by atoms with E-state index < -0.39 is 0 Å². The summed E-state index contributed by atoms with van der Waals surface area (Å²) in [6.45, 7) is 3.01. The highest BCUT2D eigenvalue weighted by Crippen LogP contribution is 2.65. The molecular formula is C12H11BrN2O. The number of carbonyl (C=O) groups is 1. The molecule has 1 aromatic heterocycles. The molecule has 4 rings (SSSR count). The number of hydrogen-bond donors (Lipinski definition) is 2. The fourth-order valence-electron chi connectivity index (χ4n) is 3.33. The molecule has 2 fully saturated rings. The Morgan fingerprint density at radius 3 is 3.12 bits per heavy atom. The summed E-state index contributed by atoms with van der Waals surface area (Å²) in [7, 11) is 0. The first-order valence-electron chi connectivity index (χ1n) is 5.53. The van der Waals surface area contributed by atoms with Crippen molar-refractivity contribution in [3.63, 3.8) is 0 Å². The first-order chi connectivity index (χ1) is 7.64. The molecule has 2 N–H and O–H groups in total. The van der Waals surface area contributed by atoms with Crippen LogP contribution in [0.25, 0.3) is 0 Å². The normalized spacial score (nSPS) is 33.8. The average Bonchev–Trinajstić information content (AvgIpc) is 2.74. The largest absolute Gasteiger partial charge is 0.387 e. The van der Waals surface area contributed by atoms with E-state index in [-0.39, 0.29) is 11.2 Å². The van der Waals surface area contributed by atoms with Crippen LogP contribution >= 0.6 is 15.9 Å². The number of ketones is 1. The summed E-state index contributed by atoms with van der Waals surface area (Å²) in [6.07, 6.45) is 2.96. The zero-order valence-electron chi connectivity index (χ0n) is 8.86. The monoisotopic (exact) mass is 278 g/mol. The van der Waals surface area contributed by atoms with E-state index in [0.717, 1.165) is 28.1 Å². The van der Waals surface area contributed by atoms with E-state index in [1.807, 2.05) is 6.92 Å². The molecule has 2 aliphatic carbocycles. The van der Waals surface area contributed by atoms with Crippen LogP contribution in [0.15, 0.2) is 16.2 Å². The van der Waals surface area contributed by atoms with Crippen LogP contribution in [0.5, 0.6) is 0 Å². The van der Waals surface area contributed by atoms with E-state index in [1.54, 1.807) is 6.08 Å². The van der Waals surface area contributed by atoms with Gasteiger partial charge in [-0.1, -0.05) is 0 Å². The third-order valence-electron chi connectivity index (χ3n) is 4.20. The van der Waals surface area contributed by atoms with Gasteiger partial charge in [0.15, 0.2) is 0 Å². The molecule has 0 unspecified atom stereocenters. The fourth-order valence-corrected chi connectivity index (χ4v) is 3.98. The SMILES string of the molecule is Cc1[nH]c2c(c1Br)[C@@]13C[C@@H]1CNC3=CC2=O. The highest BCUT2D eigenvalue weighted by molar-refractivity contribution is 9.10. The van der Waals surface area contributed by atoms with E-state index in [0.29, 0.717) is 5.92 Å². The Morgan fingerprint density at radius 1 is 1.56 bits per heavy atom. The van der Waals surface area contributed by atoms with Gasteiger partial charge < -0.3 is 10.3 Å². The number of carbonyl (C=O) groups excluding carboxylic acids is 1. The Bertz CT molecular complexity index is 572. The van der Waals surface area contributed by atoms with Crippen LogP contribution < -0.4 is 5.32 Å². The molecule has 2 heterocycles. The lowest BCUT2D eigenvalue weighted by Crippen LogP contribution is -2.24. The minimum atomic E-state index is 0.101. The summed E-state index contributed by atoms with van der Waals surface area (Å²) in [6, 6.07) is 0. The van der Waals surface area contributed by atoms with E-state index in [1.165, 1.54) is 12.0 Å². The van der Waals surface area contributed by atoms with Crippen molar-refractivity contribution in [2.75, 3.05) is 6.54 Å². The first-order valence-corrected chi connectivity index (χ1v) is 6.33. The minimum absolute atomic E-state index is 0.101. The molecule has 3 aliphatic rings. The van der Waals surface area contributed by atoms with Crippen molar-refractivity contribution < 1.29 is 4.79 Å². The smallest absolute Gasteiger partial charge is 0.204 e. The average molecular weight is 279 g/mol. The van der Waals surface area contributed by atoms with Crippen LogP contribution in [-0.4, -0.2) is 17.3 Å². The third-order valence-corrected chi connectivity index (χ3v) is 5.20. The van der Waals surface area contributed by atoms with E-state index in [4.69, 9.17) is 0 Å². The van der Waals surface area contributed by atoms with Crippen LogP contribution in [0.1, 0.15) is 28.2 Å². The summed E-state index contributed by atoms with van der Waals surface area (Å²) in [5.74, 6) is 0.779. The van der Waals surface area contributed by atoms with Gasteiger partial charge in [-0.25, -0.2) is 0 Å². The molecule has 3 nitrogen and oxygen atoms in total. The highest BCUT2D eigenvalue weighted by atomic mass is 79.9. The summed E-state index contributed by atoms with van der Waals surface area (Å²) in [5, 5.41) is 3.36. The van der Waals surface area contributed by atoms with E-state index in [9.17, 15) is 4.79 Å². The quantitative estimate of drug-likeness (QED) is 0.763. The van der Waals surface area contributed by atoms with Crippen LogP contribution in [0.3, 0.4) is 0 Å². The summed E-state index contributed by atoms with van der Waals surface area (Å²) >= 11 is 3.62. The number of aryl methyl sites for hydroxylation is 1.